The lowest BCUT2D eigenvalue weighted by atomic mass is 10.5. The Labute approximate surface area is 106 Å². The van der Waals surface area contributed by atoms with Crippen LogP contribution in [0.4, 0.5) is 0 Å². The van der Waals surface area contributed by atoms with Gasteiger partial charge in [0.1, 0.15) is 4.90 Å². The van der Waals surface area contributed by atoms with E-state index in [1.165, 1.54) is 11.3 Å². The summed E-state index contributed by atoms with van der Waals surface area (Å²) in [7, 11) is -3.36. The van der Waals surface area contributed by atoms with Gasteiger partial charge >= 0.3 is 0 Å². The third-order valence-electron chi connectivity index (χ3n) is 2.03. The van der Waals surface area contributed by atoms with Gasteiger partial charge in [-0.1, -0.05) is 0 Å². The molecule has 0 unspecified atom stereocenters. The lowest BCUT2D eigenvalue weighted by Crippen LogP contribution is -2.25. The van der Waals surface area contributed by atoms with E-state index in [0.717, 1.165) is 17.7 Å². The molecule has 1 aromatic rings. The Morgan fingerprint density at radius 1 is 1.60 bits per heavy atom. The fourth-order valence-corrected chi connectivity index (χ4v) is 5.21. The van der Waals surface area contributed by atoms with Crippen molar-refractivity contribution in [3.63, 3.8) is 0 Å². The van der Waals surface area contributed by atoms with Crippen LogP contribution in [0.1, 0.15) is 17.7 Å². The molecule has 1 heterocycles. The van der Waals surface area contributed by atoms with Crippen LogP contribution in [0, 0.1) is 0 Å². The molecule has 1 saturated carbocycles. The number of hydrogen-bond donors (Lipinski definition) is 1. The van der Waals surface area contributed by atoms with E-state index in [4.69, 9.17) is 11.6 Å². The van der Waals surface area contributed by atoms with Crippen LogP contribution in [0.5, 0.6) is 0 Å². The summed E-state index contributed by atoms with van der Waals surface area (Å²) >= 11 is 10.3. The van der Waals surface area contributed by atoms with Crippen LogP contribution in [-0.4, -0.2) is 14.5 Å². The van der Waals surface area contributed by atoms with Crippen molar-refractivity contribution >= 4 is 48.9 Å². The molecule has 0 spiro atoms. The van der Waals surface area contributed by atoms with Gasteiger partial charge in [0.05, 0.1) is 9.67 Å². The summed E-state index contributed by atoms with van der Waals surface area (Å²) in [6.45, 7) is 0. The number of nitrogens with one attached hydrogen (secondary N) is 1. The second kappa shape index (κ2) is 4.33. The van der Waals surface area contributed by atoms with E-state index in [2.05, 4.69) is 20.7 Å². The number of sulfonamides is 1. The molecule has 1 aromatic heterocycles. The van der Waals surface area contributed by atoms with Gasteiger partial charge in [0, 0.05) is 10.9 Å². The van der Waals surface area contributed by atoms with Crippen molar-refractivity contribution in [2.24, 2.45) is 0 Å². The maximum absolute atomic E-state index is 11.9. The Morgan fingerprint density at radius 3 is 2.73 bits per heavy atom. The fourth-order valence-electron chi connectivity index (χ4n) is 1.13. The predicted octanol–water partition coefficient (Wildman–Crippen LogP) is 2.69. The third kappa shape index (κ3) is 2.74. The first-order valence-corrected chi connectivity index (χ1v) is 8.02. The minimum atomic E-state index is -3.36. The SMILES string of the molecule is O=S(=O)(NC1CC1)c1cc(CCl)sc1Br. The molecule has 0 atom stereocenters. The monoisotopic (exact) mass is 329 g/mol. The summed E-state index contributed by atoms with van der Waals surface area (Å²) in [6, 6.07) is 1.74. The predicted molar refractivity (Wildman–Crippen MR) is 64.9 cm³/mol. The summed E-state index contributed by atoms with van der Waals surface area (Å²) in [5.41, 5.74) is 0. The topological polar surface area (TPSA) is 46.2 Å². The lowest BCUT2D eigenvalue weighted by Gasteiger charge is -2.02. The number of rotatable bonds is 4. The molecular formula is C8H9BrClNO2S2. The van der Waals surface area contributed by atoms with Crippen LogP contribution < -0.4 is 4.72 Å². The van der Waals surface area contributed by atoms with Gasteiger partial charge in [-0.2, -0.15) is 0 Å². The zero-order valence-electron chi connectivity index (χ0n) is 7.66. The van der Waals surface area contributed by atoms with Crippen molar-refractivity contribution in [3.8, 4) is 0 Å². The summed E-state index contributed by atoms with van der Waals surface area (Å²) in [5, 5.41) is 0. The molecule has 0 radical (unpaired) electrons. The molecule has 2 rings (SSSR count). The first-order valence-electron chi connectivity index (χ1n) is 4.39. The van der Waals surface area contributed by atoms with Gasteiger partial charge in [0.2, 0.25) is 10.0 Å². The van der Waals surface area contributed by atoms with E-state index < -0.39 is 10.0 Å². The van der Waals surface area contributed by atoms with Gasteiger partial charge in [-0.25, -0.2) is 13.1 Å². The van der Waals surface area contributed by atoms with Crippen LogP contribution in [0.2, 0.25) is 0 Å². The second-order valence-electron chi connectivity index (χ2n) is 3.38. The molecule has 15 heavy (non-hydrogen) atoms. The molecule has 0 saturated heterocycles. The molecule has 1 aliphatic carbocycles. The van der Waals surface area contributed by atoms with Gasteiger partial charge in [0.15, 0.2) is 0 Å². The van der Waals surface area contributed by atoms with Crippen molar-refractivity contribution in [2.75, 3.05) is 0 Å². The number of hydrogen-bond acceptors (Lipinski definition) is 3. The van der Waals surface area contributed by atoms with Gasteiger partial charge in [0.25, 0.3) is 0 Å². The highest BCUT2D eigenvalue weighted by atomic mass is 79.9. The van der Waals surface area contributed by atoms with Crippen LogP contribution >= 0.6 is 38.9 Å². The largest absolute Gasteiger partial charge is 0.242 e. The summed E-state index contributed by atoms with van der Waals surface area (Å²) in [4.78, 5) is 1.15. The molecule has 0 bridgehead atoms. The average Bonchev–Trinajstić information content (AvgIpc) is 2.85. The van der Waals surface area contributed by atoms with Crippen molar-refractivity contribution < 1.29 is 8.42 Å². The number of alkyl halides is 1. The first-order chi connectivity index (χ1) is 7.03. The van der Waals surface area contributed by atoms with Gasteiger partial charge in [-0.3, -0.25) is 0 Å². The Balaban J connectivity index is 2.30. The molecule has 3 nitrogen and oxygen atoms in total. The highest BCUT2D eigenvalue weighted by Crippen LogP contribution is 2.33. The van der Waals surface area contributed by atoms with E-state index >= 15 is 0 Å². The fraction of sp³-hybridized carbons (Fsp3) is 0.500. The normalized spacial score (nSPS) is 16.9. The maximum Gasteiger partial charge on any atom is 0.242 e. The average molecular weight is 331 g/mol. The lowest BCUT2D eigenvalue weighted by molar-refractivity contribution is 0.581. The first kappa shape index (κ1) is 11.9. The molecule has 0 aromatic carbocycles. The Morgan fingerprint density at radius 2 is 2.27 bits per heavy atom. The highest BCUT2D eigenvalue weighted by Gasteiger charge is 2.29. The van der Waals surface area contributed by atoms with E-state index in [1.54, 1.807) is 6.07 Å². The van der Waals surface area contributed by atoms with Crippen molar-refractivity contribution in [2.45, 2.75) is 29.7 Å². The van der Waals surface area contributed by atoms with Crippen LogP contribution in [-0.2, 0) is 15.9 Å². The smallest absolute Gasteiger partial charge is 0.208 e. The quantitative estimate of drug-likeness (QED) is 0.863. The van der Waals surface area contributed by atoms with Gasteiger partial charge in [-0.15, -0.1) is 22.9 Å². The molecule has 0 aliphatic heterocycles. The molecule has 1 fully saturated rings. The van der Waals surface area contributed by atoms with Crippen molar-refractivity contribution in [1.29, 1.82) is 0 Å². The Kier molecular flexibility index (Phi) is 3.42. The maximum atomic E-state index is 11.9. The minimum absolute atomic E-state index is 0.126. The summed E-state index contributed by atoms with van der Waals surface area (Å²) in [5.74, 6) is 0.336. The zero-order chi connectivity index (χ0) is 11.1. The molecule has 0 amide bonds. The zero-order valence-corrected chi connectivity index (χ0v) is 11.6. The molecular weight excluding hydrogens is 322 g/mol. The van der Waals surface area contributed by atoms with E-state index in [9.17, 15) is 8.42 Å². The van der Waals surface area contributed by atoms with Crippen LogP contribution in [0.25, 0.3) is 0 Å². The van der Waals surface area contributed by atoms with Gasteiger partial charge in [-0.05, 0) is 34.8 Å². The molecule has 84 valence electrons. The second-order valence-corrected chi connectivity index (χ2v) is 7.78. The van der Waals surface area contributed by atoms with E-state index in [1.807, 2.05) is 0 Å². The molecule has 7 heteroatoms. The highest BCUT2D eigenvalue weighted by molar-refractivity contribution is 9.11. The van der Waals surface area contributed by atoms with Crippen LogP contribution in [0.3, 0.4) is 0 Å². The van der Waals surface area contributed by atoms with Crippen LogP contribution in [0.15, 0.2) is 14.7 Å². The van der Waals surface area contributed by atoms with Gasteiger partial charge < -0.3 is 0 Å². The molecule has 1 aliphatic rings. The molecule has 1 N–H and O–H groups in total. The Bertz CT molecular complexity index is 467. The van der Waals surface area contributed by atoms with E-state index in [0.29, 0.717) is 14.6 Å². The minimum Gasteiger partial charge on any atom is -0.208 e. The van der Waals surface area contributed by atoms with Crippen molar-refractivity contribution in [3.05, 3.63) is 14.7 Å². The summed E-state index contributed by atoms with van der Waals surface area (Å²) in [6.07, 6.45) is 1.87. The summed E-state index contributed by atoms with van der Waals surface area (Å²) < 4.78 is 27.0. The van der Waals surface area contributed by atoms with E-state index in [-0.39, 0.29) is 6.04 Å². The standard InChI is InChI=1S/C8H9BrClNO2S2/c9-8-7(3-6(4-10)14-8)15(12,13)11-5-1-2-5/h3,5,11H,1-2,4H2. The number of thiophene rings is 1. The number of halogens is 2. The van der Waals surface area contributed by atoms with Crippen molar-refractivity contribution in [1.82, 2.24) is 4.72 Å². The third-order valence-corrected chi connectivity index (χ3v) is 6.25. The Hall–Kier alpha value is 0.380.